The van der Waals surface area contributed by atoms with Gasteiger partial charge in [-0.1, -0.05) is 13.8 Å². The van der Waals surface area contributed by atoms with E-state index in [1.54, 1.807) is 7.11 Å². The van der Waals surface area contributed by atoms with Crippen molar-refractivity contribution in [1.82, 2.24) is 10.3 Å². The number of methoxy groups -OCH3 is 1. The number of hydrogen-bond acceptors (Lipinski definition) is 4. The summed E-state index contributed by atoms with van der Waals surface area (Å²) in [5.74, 6) is 1.67. The maximum Gasteiger partial charge on any atom is 0.128 e. The fraction of sp³-hybridized carbons (Fsp3) is 0.643. The van der Waals surface area contributed by atoms with Crippen LogP contribution in [0.5, 0.6) is 0 Å². The summed E-state index contributed by atoms with van der Waals surface area (Å²) in [4.78, 5) is 6.48. The Bertz CT molecular complexity index is 342. The first-order valence-corrected chi connectivity index (χ1v) is 6.49. The fourth-order valence-electron chi connectivity index (χ4n) is 1.63. The Kier molecular flexibility index (Phi) is 6.68. The highest BCUT2D eigenvalue weighted by molar-refractivity contribution is 5.39. The first kappa shape index (κ1) is 14.9. The third kappa shape index (κ3) is 5.47. The van der Waals surface area contributed by atoms with Crippen molar-refractivity contribution < 1.29 is 4.74 Å². The molecule has 0 aromatic carbocycles. The Balaban J connectivity index is 2.50. The lowest BCUT2D eigenvalue weighted by Crippen LogP contribution is -2.23. The first-order valence-electron chi connectivity index (χ1n) is 6.49. The molecule has 1 aromatic heterocycles. The van der Waals surface area contributed by atoms with Gasteiger partial charge >= 0.3 is 0 Å². The summed E-state index contributed by atoms with van der Waals surface area (Å²) >= 11 is 0. The van der Waals surface area contributed by atoms with Gasteiger partial charge in [-0.25, -0.2) is 4.98 Å². The van der Waals surface area contributed by atoms with Crippen LogP contribution in [0.1, 0.15) is 19.4 Å². The van der Waals surface area contributed by atoms with Crippen LogP contribution in [-0.4, -0.2) is 38.8 Å². The molecule has 0 aliphatic heterocycles. The number of anilines is 1. The molecule has 1 heterocycles. The molecule has 18 heavy (non-hydrogen) atoms. The maximum atomic E-state index is 5.07. The predicted octanol–water partition coefficient (Wildman–Crippen LogP) is 1.91. The van der Waals surface area contributed by atoms with Crippen LogP contribution in [0.2, 0.25) is 0 Å². The van der Waals surface area contributed by atoms with Crippen molar-refractivity contribution in [3.8, 4) is 0 Å². The molecule has 0 radical (unpaired) electrons. The molecule has 0 fully saturated rings. The Morgan fingerprint density at radius 3 is 2.89 bits per heavy atom. The fourth-order valence-corrected chi connectivity index (χ4v) is 1.63. The highest BCUT2D eigenvalue weighted by Gasteiger charge is 2.03. The average molecular weight is 251 g/mol. The van der Waals surface area contributed by atoms with Crippen LogP contribution in [-0.2, 0) is 11.3 Å². The maximum absolute atomic E-state index is 5.07. The van der Waals surface area contributed by atoms with Gasteiger partial charge in [0, 0.05) is 33.4 Å². The molecule has 0 unspecified atom stereocenters. The van der Waals surface area contributed by atoms with Crippen molar-refractivity contribution >= 4 is 5.82 Å². The Labute approximate surface area is 110 Å². The van der Waals surface area contributed by atoms with E-state index in [9.17, 15) is 0 Å². The second-order valence-corrected chi connectivity index (χ2v) is 4.96. The Hall–Kier alpha value is -1.13. The van der Waals surface area contributed by atoms with Crippen LogP contribution < -0.4 is 10.2 Å². The van der Waals surface area contributed by atoms with Crippen LogP contribution >= 0.6 is 0 Å². The van der Waals surface area contributed by atoms with E-state index in [0.717, 1.165) is 25.5 Å². The number of likely N-dealkylation sites (N-methyl/N-ethyl adjacent to an activating group) is 1. The predicted molar refractivity (Wildman–Crippen MR) is 75.9 cm³/mol. The van der Waals surface area contributed by atoms with Gasteiger partial charge in [-0.2, -0.15) is 0 Å². The summed E-state index contributed by atoms with van der Waals surface area (Å²) in [6.45, 7) is 7.93. The van der Waals surface area contributed by atoms with Gasteiger partial charge in [0.25, 0.3) is 0 Å². The zero-order valence-corrected chi connectivity index (χ0v) is 11.9. The molecule has 0 aliphatic carbocycles. The molecule has 0 aliphatic rings. The van der Waals surface area contributed by atoms with E-state index >= 15 is 0 Å². The van der Waals surface area contributed by atoms with E-state index in [1.165, 1.54) is 5.56 Å². The van der Waals surface area contributed by atoms with Crippen molar-refractivity contribution in [3.63, 3.8) is 0 Å². The monoisotopic (exact) mass is 251 g/mol. The van der Waals surface area contributed by atoms with Gasteiger partial charge in [0.05, 0.1) is 6.61 Å². The van der Waals surface area contributed by atoms with Crippen molar-refractivity contribution in [2.75, 3.05) is 38.8 Å². The molecule has 4 nitrogen and oxygen atoms in total. The second kappa shape index (κ2) is 8.06. The summed E-state index contributed by atoms with van der Waals surface area (Å²) in [6, 6.07) is 4.18. The van der Waals surface area contributed by atoms with Crippen molar-refractivity contribution in [2.45, 2.75) is 20.4 Å². The standard InChI is InChI=1S/C14H25N3O/c1-12(2)10-15-11-13-5-6-16-14(9-13)17(3)7-8-18-4/h5-6,9,12,15H,7-8,10-11H2,1-4H3. The SMILES string of the molecule is COCCN(C)c1cc(CNCC(C)C)ccn1. The van der Waals surface area contributed by atoms with Crippen molar-refractivity contribution in [1.29, 1.82) is 0 Å². The second-order valence-electron chi connectivity index (χ2n) is 4.96. The van der Waals surface area contributed by atoms with Gasteiger partial charge < -0.3 is 15.0 Å². The lowest BCUT2D eigenvalue weighted by Gasteiger charge is -2.18. The molecular formula is C14H25N3O. The van der Waals surface area contributed by atoms with Crippen LogP contribution in [0, 0.1) is 5.92 Å². The van der Waals surface area contributed by atoms with E-state index in [2.05, 4.69) is 41.2 Å². The topological polar surface area (TPSA) is 37.4 Å². The average Bonchev–Trinajstić information content (AvgIpc) is 2.36. The van der Waals surface area contributed by atoms with Gasteiger partial charge in [0.15, 0.2) is 0 Å². The molecule has 0 saturated heterocycles. The third-order valence-electron chi connectivity index (χ3n) is 2.71. The number of pyridine rings is 1. The number of ether oxygens (including phenoxy) is 1. The Morgan fingerprint density at radius 1 is 1.44 bits per heavy atom. The molecule has 4 heteroatoms. The van der Waals surface area contributed by atoms with Gasteiger partial charge in [-0.3, -0.25) is 0 Å². The number of hydrogen-bond donors (Lipinski definition) is 1. The lowest BCUT2D eigenvalue weighted by molar-refractivity contribution is 0.206. The van der Waals surface area contributed by atoms with Crippen LogP contribution in [0.3, 0.4) is 0 Å². The minimum absolute atomic E-state index is 0.677. The summed E-state index contributed by atoms with van der Waals surface area (Å²) in [5, 5.41) is 3.44. The summed E-state index contributed by atoms with van der Waals surface area (Å²) < 4.78 is 5.07. The quantitative estimate of drug-likeness (QED) is 0.766. The Morgan fingerprint density at radius 2 is 2.22 bits per heavy atom. The summed E-state index contributed by atoms with van der Waals surface area (Å²) in [7, 11) is 3.75. The molecule has 0 amide bonds. The highest BCUT2D eigenvalue weighted by atomic mass is 16.5. The zero-order valence-electron chi connectivity index (χ0n) is 11.9. The molecule has 1 aromatic rings. The largest absolute Gasteiger partial charge is 0.383 e. The highest BCUT2D eigenvalue weighted by Crippen LogP contribution is 2.10. The normalized spacial score (nSPS) is 10.9. The zero-order chi connectivity index (χ0) is 13.4. The number of aromatic nitrogens is 1. The van der Waals surface area contributed by atoms with E-state index in [-0.39, 0.29) is 0 Å². The molecule has 0 saturated carbocycles. The lowest BCUT2D eigenvalue weighted by atomic mass is 10.2. The van der Waals surface area contributed by atoms with E-state index in [0.29, 0.717) is 12.5 Å². The summed E-state index contributed by atoms with van der Waals surface area (Å²) in [5.41, 5.74) is 1.27. The minimum Gasteiger partial charge on any atom is -0.383 e. The molecule has 0 spiro atoms. The molecule has 1 rings (SSSR count). The number of nitrogens with zero attached hydrogens (tertiary/aromatic N) is 2. The van der Waals surface area contributed by atoms with Crippen LogP contribution in [0.25, 0.3) is 0 Å². The molecule has 102 valence electrons. The minimum atomic E-state index is 0.677. The molecule has 1 N–H and O–H groups in total. The molecule has 0 bridgehead atoms. The van der Waals surface area contributed by atoms with Gasteiger partial charge in [0.1, 0.15) is 5.82 Å². The smallest absolute Gasteiger partial charge is 0.128 e. The van der Waals surface area contributed by atoms with Crippen LogP contribution in [0.15, 0.2) is 18.3 Å². The van der Waals surface area contributed by atoms with Gasteiger partial charge in [-0.05, 0) is 30.2 Å². The third-order valence-corrected chi connectivity index (χ3v) is 2.71. The summed E-state index contributed by atoms with van der Waals surface area (Å²) in [6.07, 6.45) is 1.87. The molecular weight excluding hydrogens is 226 g/mol. The number of rotatable bonds is 8. The molecule has 0 atom stereocenters. The van der Waals surface area contributed by atoms with Crippen molar-refractivity contribution in [3.05, 3.63) is 23.9 Å². The number of nitrogens with one attached hydrogen (secondary N) is 1. The van der Waals surface area contributed by atoms with E-state index in [4.69, 9.17) is 4.74 Å². The van der Waals surface area contributed by atoms with Gasteiger partial charge in [-0.15, -0.1) is 0 Å². The van der Waals surface area contributed by atoms with Crippen LogP contribution in [0.4, 0.5) is 5.82 Å². The van der Waals surface area contributed by atoms with E-state index < -0.39 is 0 Å². The van der Waals surface area contributed by atoms with Crippen molar-refractivity contribution in [2.24, 2.45) is 5.92 Å². The first-order chi connectivity index (χ1) is 8.63. The van der Waals surface area contributed by atoms with E-state index in [1.807, 2.05) is 13.2 Å². The van der Waals surface area contributed by atoms with Gasteiger partial charge in [0.2, 0.25) is 0 Å².